The molecule has 1 aliphatic rings. The first-order chi connectivity index (χ1) is 5.87. The van der Waals surface area contributed by atoms with Crippen LogP contribution in [0.2, 0.25) is 0 Å². The minimum absolute atomic E-state index is 0.0400. The van der Waals surface area contributed by atoms with Crippen LogP contribution < -0.4 is 5.73 Å². The van der Waals surface area contributed by atoms with Gasteiger partial charge < -0.3 is 5.73 Å². The fourth-order valence-electron chi connectivity index (χ4n) is 1.28. The molecular weight excluding hydrogens is 193 g/mol. The molecule has 0 aliphatic carbocycles. The van der Waals surface area contributed by atoms with Gasteiger partial charge in [-0.15, -0.1) is 0 Å². The lowest BCUT2D eigenvalue weighted by Gasteiger charge is -2.24. The maximum atomic E-state index is 13.6. The number of hydrogen-bond donors (Lipinski definition) is 1. The summed E-state index contributed by atoms with van der Waals surface area (Å²) in [7, 11) is -2.97. The van der Waals surface area contributed by atoms with Crippen molar-refractivity contribution in [1.29, 1.82) is 0 Å². The van der Waals surface area contributed by atoms with E-state index in [1.165, 1.54) is 13.0 Å². The standard InChI is InChI=1S/C8H14FNO2S/c1-8(9,6-10)7-2-4-13(11,12)5-3-7/h2H,3-6,10H2,1H3. The fraction of sp³-hybridized carbons (Fsp3) is 0.750. The molecule has 2 N–H and O–H groups in total. The Morgan fingerprint density at radius 2 is 2.31 bits per heavy atom. The predicted molar refractivity (Wildman–Crippen MR) is 49.9 cm³/mol. The van der Waals surface area contributed by atoms with Gasteiger partial charge in [-0.05, 0) is 18.9 Å². The van der Waals surface area contributed by atoms with Gasteiger partial charge in [0, 0.05) is 6.54 Å². The highest BCUT2D eigenvalue weighted by Gasteiger charge is 2.30. The summed E-state index contributed by atoms with van der Waals surface area (Å²) in [5, 5.41) is 0. The molecule has 3 nitrogen and oxygen atoms in total. The summed E-state index contributed by atoms with van der Waals surface area (Å²) in [6, 6.07) is 0. The van der Waals surface area contributed by atoms with E-state index in [4.69, 9.17) is 5.73 Å². The van der Waals surface area contributed by atoms with Crippen LogP contribution in [0, 0.1) is 0 Å². The third-order valence-electron chi connectivity index (χ3n) is 2.32. The van der Waals surface area contributed by atoms with Crippen molar-refractivity contribution in [3.8, 4) is 0 Å². The maximum Gasteiger partial charge on any atom is 0.154 e. The molecule has 1 heterocycles. The second kappa shape index (κ2) is 3.38. The molecule has 1 aliphatic heterocycles. The molecule has 0 spiro atoms. The summed E-state index contributed by atoms with van der Waals surface area (Å²) in [4.78, 5) is 0. The molecule has 0 radical (unpaired) electrons. The van der Waals surface area contributed by atoms with E-state index in [-0.39, 0.29) is 24.5 Å². The average molecular weight is 207 g/mol. The summed E-state index contributed by atoms with van der Waals surface area (Å²) in [5.41, 5.74) is 4.21. The zero-order valence-electron chi connectivity index (χ0n) is 7.59. The first-order valence-corrected chi connectivity index (χ1v) is 5.98. The Balaban J connectivity index is 2.82. The topological polar surface area (TPSA) is 60.2 Å². The highest BCUT2D eigenvalue weighted by atomic mass is 32.2. The first-order valence-electron chi connectivity index (χ1n) is 4.16. The van der Waals surface area contributed by atoms with Gasteiger partial charge in [-0.3, -0.25) is 0 Å². The molecule has 1 unspecified atom stereocenters. The average Bonchev–Trinajstić information content (AvgIpc) is 2.04. The van der Waals surface area contributed by atoms with E-state index in [0.29, 0.717) is 5.57 Å². The molecule has 0 aromatic heterocycles. The van der Waals surface area contributed by atoms with Crippen LogP contribution in [0.3, 0.4) is 0 Å². The van der Waals surface area contributed by atoms with Crippen LogP contribution in [0.1, 0.15) is 13.3 Å². The van der Waals surface area contributed by atoms with Gasteiger partial charge in [0.05, 0.1) is 11.5 Å². The van der Waals surface area contributed by atoms with Crippen molar-refractivity contribution in [2.45, 2.75) is 19.0 Å². The van der Waals surface area contributed by atoms with Gasteiger partial charge in [0.1, 0.15) is 5.67 Å². The molecule has 5 heteroatoms. The Morgan fingerprint density at radius 1 is 1.69 bits per heavy atom. The van der Waals surface area contributed by atoms with E-state index in [2.05, 4.69) is 0 Å². The first kappa shape index (κ1) is 10.7. The highest BCUT2D eigenvalue weighted by molar-refractivity contribution is 7.91. The molecule has 0 aromatic carbocycles. The summed E-state index contributed by atoms with van der Waals surface area (Å²) in [5.74, 6) is -0.0137. The normalized spacial score (nSPS) is 26.2. The lowest BCUT2D eigenvalue weighted by molar-refractivity contribution is 0.244. The molecule has 0 amide bonds. The van der Waals surface area contributed by atoms with Gasteiger partial charge in [0.2, 0.25) is 0 Å². The Labute approximate surface area is 77.7 Å². The van der Waals surface area contributed by atoms with Gasteiger partial charge in [0.25, 0.3) is 0 Å². The number of nitrogens with two attached hydrogens (primary N) is 1. The van der Waals surface area contributed by atoms with Crippen LogP contribution in [0.25, 0.3) is 0 Å². The highest BCUT2D eigenvalue weighted by Crippen LogP contribution is 2.26. The van der Waals surface area contributed by atoms with Crippen LogP contribution >= 0.6 is 0 Å². The minimum atomic E-state index is -2.97. The van der Waals surface area contributed by atoms with Gasteiger partial charge in [-0.2, -0.15) is 0 Å². The van der Waals surface area contributed by atoms with Crippen molar-refractivity contribution < 1.29 is 12.8 Å². The molecule has 0 saturated carbocycles. The summed E-state index contributed by atoms with van der Waals surface area (Å²) in [6.45, 7) is 1.29. The van der Waals surface area contributed by atoms with Crippen molar-refractivity contribution >= 4 is 9.84 Å². The molecule has 1 rings (SSSR count). The lowest BCUT2D eigenvalue weighted by atomic mass is 9.95. The number of sulfone groups is 1. The van der Waals surface area contributed by atoms with Crippen LogP contribution in [-0.2, 0) is 9.84 Å². The summed E-state index contributed by atoms with van der Waals surface area (Å²) in [6.07, 6.45) is 1.72. The minimum Gasteiger partial charge on any atom is -0.327 e. The molecule has 1 atom stereocenters. The summed E-state index contributed by atoms with van der Waals surface area (Å²) >= 11 is 0. The largest absolute Gasteiger partial charge is 0.327 e. The Bertz CT molecular complexity index is 319. The van der Waals surface area contributed by atoms with Crippen LogP contribution in [-0.4, -0.2) is 32.1 Å². The number of hydrogen-bond acceptors (Lipinski definition) is 3. The van der Waals surface area contributed by atoms with E-state index < -0.39 is 15.5 Å². The van der Waals surface area contributed by atoms with Crippen molar-refractivity contribution in [3.63, 3.8) is 0 Å². The van der Waals surface area contributed by atoms with Crippen molar-refractivity contribution in [1.82, 2.24) is 0 Å². The van der Waals surface area contributed by atoms with Crippen molar-refractivity contribution in [2.24, 2.45) is 5.73 Å². The van der Waals surface area contributed by atoms with E-state index in [0.717, 1.165) is 0 Å². The van der Waals surface area contributed by atoms with Crippen molar-refractivity contribution in [3.05, 3.63) is 11.6 Å². The monoisotopic (exact) mass is 207 g/mol. The second-order valence-electron chi connectivity index (χ2n) is 3.50. The quantitative estimate of drug-likeness (QED) is 0.667. The molecule has 0 aromatic rings. The van der Waals surface area contributed by atoms with Gasteiger partial charge >= 0.3 is 0 Å². The SMILES string of the molecule is CC(F)(CN)C1=CCS(=O)(=O)CC1. The van der Waals surface area contributed by atoms with Crippen LogP contribution in [0.4, 0.5) is 4.39 Å². The van der Waals surface area contributed by atoms with Gasteiger partial charge in [-0.1, -0.05) is 6.08 Å². The van der Waals surface area contributed by atoms with E-state index in [9.17, 15) is 12.8 Å². The Hall–Kier alpha value is -0.420. The van der Waals surface area contributed by atoms with E-state index in [1.54, 1.807) is 0 Å². The second-order valence-corrected chi connectivity index (χ2v) is 5.72. The third-order valence-corrected chi connectivity index (χ3v) is 3.82. The zero-order valence-corrected chi connectivity index (χ0v) is 8.40. The molecular formula is C8H14FNO2S. The smallest absolute Gasteiger partial charge is 0.154 e. The molecule has 0 saturated heterocycles. The van der Waals surface area contributed by atoms with E-state index in [1.807, 2.05) is 0 Å². The third kappa shape index (κ3) is 2.51. The summed E-state index contributed by atoms with van der Waals surface area (Å²) < 4.78 is 35.6. The fourth-order valence-corrected chi connectivity index (χ4v) is 2.44. The van der Waals surface area contributed by atoms with Crippen LogP contribution in [0.5, 0.6) is 0 Å². The number of halogens is 1. The number of alkyl halides is 1. The number of rotatable bonds is 2. The Morgan fingerprint density at radius 3 is 2.69 bits per heavy atom. The van der Waals surface area contributed by atoms with Gasteiger partial charge in [-0.25, -0.2) is 12.8 Å². The maximum absolute atomic E-state index is 13.6. The zero-order chi connectivity index (χ0) is 10.1. The molecule has 76 valence electrons. The predicted octanol–water partition coefficient (Wildman–Crippen LogP) is 0.418. The lowest BCUT2D eigenvalue weighted by Crippen LogP contribution is -2.34. The van der Waals surface area contributed by atoms with E-state index >= 15 is 0 Å². The molecule has 0 bridgehead atoms. The van der Waals surface area contributed by atoms with Crippen LogP contribution in [0.15, 0.2) is 11.6 Å². The van der Waals surface area contributed by atoms with Crippen molar-refractivity contribution in [2.75, 3.05) is 18.1 Å². The Kier molecular flexibility index (Phi) is 2.77. The molecule has 0 fully saturated rings. The molecule has 13 heavy (non-hydrogen) atoms. The van der Waals surface area contributed by atoms with Gasteiger partial charge in [0.15, 0.2) is 9.84 Å².